The van der Waals surface area contributed by atoms with E-state index in [0.29, 0.717) is 68.0 Å². The van der Waals surface area contributed by atoms with Crippen molar-refractivity contribution in [2.24, 2.45) is 0 Å². The van der Waals surface area contributed by atoms with Crippen LogP contribution >= 0.6 is 23.2 Å². The standard InChI is InChI=1S/C23H29Cl2N3O4S/c1-23(2)16-17-13-20(15-21(22(17)32-23)31-12-4-7-24)33(29,30)26-28-10-8-27(9-11-28)19-6-3-5-18(25)14-19/h3,5-6,13-15,26H,4,7-12,16H2,1-2H3. The topological polar surface area (TPSA) is 71.1 Å². The van der Waals surface area contributed by atoms with E-state index in [0.717, 1.165) is 11.3 Å². The van der Waals surface area contributed by atoms with Crippen LogP contribution in [0.5, 0.6) is 11.5 Å². The molecule has 1 saturated heterocycles. The zero-order valence-electron chi connectivity index (χ0n) is 18.8. The van der Waals surface area contributed by atoms with Gasteiger partial charge in [-0.1, -0.05) is 17.7 Å². The average Bonchev–Trinajstić information content (AvgIpc) is 3.08. The minimum absolute atomic E-state index is 0.167. The number of ether oxygens (including phenoxy) is 2. The fourth-order valence-electron chi connectivity index (χ4n) is 4.10. The first kappa shape index (κ1) is 24.4. The van der Waals surface area contributed by atoms with Gasteiger partial charge in [0.1, 0.15) is 5.60 Å². The van der Waals surface area contributed by atoms with Gasteiger partial charge in [-0.3, -0.25) is 0 Å². The van der Waals surface area contributed by atoms with Crippen molar-refractivity contribution in [3.8, 4) is 11.5 Å². The lowest BCUT2D eigenvalue weighted by molar-refractivity contribution is 0.132. The number of alkyl halides is 1. The summed E-state index contributed by atoms with van der Waals surface area (Å²) in [6.07, 6.45) is 1.27. The molecule has 7 nitrogen and oxygen atoms in total. The monoisotopic (exact) mass is 513 g/mol. The van der Waals surface area contributed by atoms with Crippen molar-refractivity contribution in [2.75, 3.05) is 43.6 Å². The molecule has 33 heavy (non-hydrogen) atoms. The van der Waals surface area contributed by atoms with Gasteiger partial charge in [0.05, 0.1) is 11.5 Å². The molecule has 2 aromatic rings. The number of halogens is 2. The van der Waals surface area contributed by atoms with Crippen LogP contribution in [0.4, 0.5) is 5.69 Å². The van der Waals surface area contributed by atoms with E-state index in [1.165, 1.54) is 0 Å². The van der Waals surface area contributed by atoms with Gasteiger partial charge >= 0.3 is 0 Å². The van der Waals surface area contributed by atoms with Gasteiger partial charge in [0.2, 0.25) is 0 Å². The van der Waals surface area contributed by atoms with E-state index in [1.54, 1.807) is 17.1 Å². The lowest BCUT2D eigenvalue weighted by Gasteiger charge is -2.35. The van der Waals surface area contributed by atoms with E-state index in [9.17, 15) is 8.42 Å². The number of rotatable bonds is 8. The fraction of sp³-hybridized carbons (Fsp3) is 0.478. The highest BCUT2D eigenvalue weighted by Gasteiger charge is 2.35. The maximum atomic E-state index is 13.2. The molecule has 2 aromatic carbocycles. The number of hydrogen-bond acceptors (Lipinski definition) is 6. The largest absolute Gasteiger partial charge is 0.490 e. The molecule has 0 aromatic heterocycles. The molecule has 0 saturated carbocycles. The van der Waals surface area contributed by atoms with Crippen LogP contribution in [0.15, 0.2) is 41.3 Å². The number of nitrogens with one attached hydrogen (secondary N) is 1. The van der Waals surface area contributed by atoms with Crippen LogP contribution in [-0.4, -0.2) is 57.7 Å². The van der Waals surface area contributed by atoms with Crippen molar-refractivity contribution in [1.82, 2.24) is 9.84 Å². The third-order valence-corrected chi connectivity index (χ3v) is 7.51. The van der Waals surface area contributed by atoms with E-state index in [1.807, 2.05) is 38.1 Å². The van der Waals surface area contributed by atoms with E-state index in [-0.39, 0.29) is 4.90 Å². The molecule has 1 fully saturated rings. The van der Waals surface area contributed by atoms with Gasteiger partial charge in [-0.2, -0.15) is 0 Å². The van der Waals surface area contributed by atoms with Crippen LogP contribution in [0.2, 0.25) is 5.02 Å². The maximum absolute atomic E-state index is 13.2. The number of nitrogens with zero attached hydrogens (tertiary/aromatic N) is 2. The van der Waals surface area contributed by atoms with Gasteiger partial charge in [-0.25, -0.2) is 13.4 Å². The molecule has 2 aliphatic heterocycles. The summed E-state index contributed by atoms with van der Waals surface area (Å²) in [6, 6.07) is 10.9. The quantitative estimate of drug-likeness (QED) is 0.423. The number of hydrazine groups is 1. The van der Waals surface area contributed by atoms with Gasteiger partial charge in [0.25, 0.3) is 10.0 Å². The highest BCUT2D eigenvalue weighted by atomic mass is 35.5. The van der Waals surface area contributed by atoms with Gasteiger partial charge in [0.15, 0.2) is 11.5 Å². The molecule has 0 bridgehead atoms. The lowest BCUT2D eigenvalue weighted by Crippen LogP contribution is -2.53. The highest BCUT2D eigenvalue weighted by Crippen LogP contribution is 2.43. The normalized spacial score (nSPS) is 18.1. The molecule has 0 spiro atoms. The summed E-state index contributed by atoms with van der Waals surface area (Å²) in [5, 5.41) is 2.42. The Kier molecular flexibility index (Phi) is 7.31. The predicted molar refractivity (Wildman–Crippen MR) is 131 cm³/mol. The Morgan fingerprint density at radius 1 is 1.15 bits per heavy atom. The van der Waals surface area contributed by atoms with Crippen LogP contribution < -0.4 is 19.2 Å². The first-order valence-electron chi connectivity index (χ1n) is 11.0. The second-order valence-electron chi connectivity index (χ2n) is 8.89. The van der Waals surface area contributed by atoms with Crippen LogP contribution in [-0.2, 0) is 16.4 Å². The zero-order chi connectivity index (χ0) is 23.6. The summed E-state index contributed by atoms with van der Waals surface area (Å²) in [7, 11) is -3.79. The number of sulfonamides is 1. The Bertz CT molecular complexity index is 1100. The van der Waals surface area contributed by atoms with Gasteiger partial charge in [-0.05, 0) is 44.5 Å². The molecule has 180 valence electrons. The molecule has 0 atom stereocenters. The Labute approximate surface area is 205 Å². The summed E-state index contributed by atoms with van der Waals surface area (Å²) in [5.74, 6) is 1.52. The number of piperazine rings is 1. The summed E-state index contributed by atoms with van der Waals surface area (Å²) in [5.41, 5.74) is 1.44. The molecule has 0 unspecified atom stereocenters. The number of anilines is 1. The van der Waals surface area contributed by atoms with Crippen molar-refractivity contribution in [1.29, 1.82) is 0 Å². The van der Waals surface area contributed by atoms with Crippen LogP contribution in [0, 0.1) is 0 Å². The van der Waals surface area contributed by atoms with E-state index >= 15 is 0 Å². The minimum atomic E-state index is -3.79. The van der Waals surface area contributed by atoms with E-state index in [4.69, 9.17) is 32.7 Å². The molecule has 1 N–H and O–H groups in total. The Morgan fingerprint density at radius 3 is 2.61 bits per heavy atom. The van der Waals surface area contributed by atoms with Gasteiger partial charge < -0.3 is 14.4 Å². The average molecular weight is 514 g/mol. The zero-order valence-corrected chi connectivity index (χ0v) is 21.1. The number of fused-ring (bicyclic) bond motifs is 1. The summed E-state index contributed by atoms with van der Waals surface area (Å²) < 4.78 is 38.4. The Hall–Kier alpha value is -1.71. The van der Waals surface area contributed by atoms with Crippen LogP contribution in [0.25, 0.3) is 0 Å². The van der Waals surface area contributed by atoms with Gasteiger partial charge in [-0.15, -0.1) is 16.4 Å². The van der Waals surface area contributed by atoms with Crippen LogP contribution in [0.3, 0.4) is 0 Å². The van der Waals surface area contributed by atoms with Crippen molar-refractivity contribution in [3.63, 3.8) is 0 Å². The van der Waals surface area contributed by atoms with Crippen molar-refractivity contribution in [2.45, 2.75) is 37.2 Å². The number of hydrogen-bond donors (Lipinski definition) is 1. The molecule has 10 heteroatoms. The summed E-state index contributed by atoms with van der Waals surface area (Å²) >= 11 is 11.9. The Morgan fingerprint density at radius 2 is 1.91 bits per heavy atom. The lowest BCUT2D eigenvalue weighted by atomic mass is 10.0. The third-order valence-electron chi connectivity index (χ3n) is 5.65. The molecule has 4 rings (SSSR count). The minimum Gasteiger partial charge on any atom is -0.490 e. The number of benzene rings is 2. The third kappa shape index (κ3) is 5.87. The first-order valence-corrected chi connectivity index (χ1v) is 13.4. The highest BCUT2D eigenvalue weighted by molar-refractivity contribution is 7.89. The van der Waals surface area contributed by atoms with E-state index < -0.39 is 15.6 Å². The van der Waals surface area contributed by atoms with Crippen molar-refractivity contribution >= 4 is 38.9 Å². The van der Waals surface area contributed by atoms with Crippen molar-refractivity contribution in [3.05, 3.63) is 47.0 Å². The second-order valence-corrected chi connectivity index (χ2v) is 11.4. The Balaban J connectivity index is 1.48. The molecule has 0 aliphatic carbocycles. The molecule has 0 amide bonds. The summed E-state index contributed by atoms with van der Waals surface area (Å²) in [4.78, 5) is 5.09. The maximum Gasteiger partial charge on any atom is 0.253 e. The van der Waals surface area contributed by atoms with Gasteiger partial charge in [0, 0.05) is 60.8 Å². The SMILES string of the molecule is CC1(C)Cc2cc(S(=O)(=O)NN3CCN(c4cccc(Cl)c4)CC3)cc(OCCCCl)c2O1. The molecular weight excluding hydrogens is 485 g/mol. The second kappa shape index (κ2) is 9.88. The molecular formula is C23H29Cl2N3O4S. The fourth-order valence-corrected chi connectivity index (χ4v) is 5.58. The molecule has 2 heterocycles. The first-order chi connectivity index (χ1) is 15.7. The van der Waals surface area contributed by atoms with E-state index in [2.05, 4.69) is 9.73 Å². The van der Waals surface area contributed by atoms with Crippen LogP contribution in [0.1, 0.15) is 25.8 Å². The predicted octanol–water partition coefficient (Wildman–Crippen LogP) is 4.08. The molecule has 0 radical (unpaired) electrons. The van der Waals surface area contributed by atoms with Crippen molar-refractivity contribution < 1.29 is 17.9 Å². The summed E-state index contributed by atoms with van der Waals surface area (Å²) in [6.45, 7) is 6.80. The smallest absolute Gasteiger partial charge is 0.253 e. The molecule has 2 aliphatic rings.